The Kier molecular flexibility index (Phi) is 3.84. The molecule has 0 unspecified atom stereocenters. The van der Waals surface area contributed by atoms with E-state index in [4.69, 9.17) is 0 Å². The maximum absolute atomic E-state index is 9.31. The Morgan fingerprint density at radius 2 is 0.538 bits per heavy atom. The van der Waals surface area contributed by atoms with Gasteiger partial charge in [0.1, 0.15) is 0 Å². The Hall–Kier alpha value is -3.34. The summed E-state index contributed by atoms with van der Waals surface area (Å²) in [4.78, 5) is 0. The van der Waals surface area contributed by atoms with Crippen LogP contribution in [0.15, 0.2) is 55.7 Å². The molecule has 0 bridgehead atoms. The summed E-state index contributed by atoms with van der Waals surface area (Å²) in [7, 11) is 0. The second-order valence-corrected chi connectivity index (χ2v) is 7.40. The molecule has 124 valence electrons. The van der Waals surface area contributed by atoms with E-state index >= 15 is 0 Å². The van der Waals surface area contributed by atoms with Gasteiger partial charge in [0.25, 0.3) is 0 Å². The van der Waals surface area contributed by atoms with Crippen molar-refractivity contribution in [3.05, 3.63) is 55.7 Å². The molecule has 0 radical (unpaired) electrons. The van der Waals surface area contributed by atoms with Crippen molar-refractivity contribution in [1.82, 2.24) is 0 Å². The highest BCUT2D eigenvalue weighted by Gasteiger charge is 2.32. The summed E-state index contributed by atoms with van der Waals surface area (Å²) >= 11 is 0. The zero-order valence-electron chi connectivity index (χ0n) is 14.4. The zero-order valence-corrected chi connectivity index (χ0v) is 14.4. The SMILES string of the molecule is N#CC1=C(C#N)CC2=C(C1)CC1=C(C2)CC2=C(CC(C#N)=C(C#N)C2)C1. The van der Waals surface area contributed by atoms with Crippen LogP contribution < -0.4 is 0 Å². The second-order valence-electron chi connectivity index (χ2n) is 7.40. The summed E-state index contributed by atoms with van der Waals surface area (Å²) < 4.78 is 0. The summed E-state index contributed by atoms with van der Waals surface area (Å²) in [5, 5.41) is 37.2. The van der Waals surface area contributed by atoms with Crippen molar-refractivity contribution in [2.75, 3.05) is 0 Å². The largest absolute Gasteiger partial charge is 0.193 e. The first kappa shape index (κ1) is 16.1. The van der Waals surface area contributed by atoms with E-state index in [1.807, 2.05) is 0 Å². The average Bonchev–Trinajstić information content (AvgIpc) is 2.68. The van der Waals surface area contributed by atoms with Crippen molar-refractivity contribution >= 4 is 0 Å². The topological polar surface area (TPSA) is 95.2 Å². The first-order valence-electron chi connectivity index (χ1n) is 8.80. The molecular formula is C22H16N4. The van der Waals surface area contributed by atoms with Gasteiger partial charge in [0.05, 0.1) is 24.3 Å². The van der Waals surface area contributed by atoms with Gasteiger partial charge in [-0.25, -0.2) is 0 Å². The quantitative estimate of drug-likeness (QED) is 0.597. The smallest absolute Gasteiger partial charge is 0.0961 e. The molecule has 4 nitrogen and oxygen atoms in total. The lowest BCUT2D eigenvalue weighted by Gasteiger charge is -2.35. The normalized spacial score (nSPS) is 22.0. The lowest BCUT2D eigenvalue weighted by atomic mass is 9.69. The van der Waals surface area contributed by atoms with Gasteiger partial charge in [0.15, 0.2) is 0 Å². The molecule has 0 aromatic rings. The molecule has 0 atom stereocenters. The molecule has 4 aliphatic rings. The van der Waals surface area contributed by atoms with Gasteiger partial charge in [-0.3, -0.25) is 0 Å². The zero-order chi connectivity index (χ0) is 18.3. The number of allylic oxidation sites excluding steroid dienone is 10. The van der Waals surface area contributed by atoms with Gasteiger partial charge < -0.3 is 0 Å². The van der Waals surface area contributed by atoms with Gasteiger partial charge in [-0.2, -0.15) is 21.0 Å². The molecular weight excluding hydrogens is 320 g/mol. The van der Waals surface area contributed by atoms with Crippen LogP contribution in [0.1, 0.15) is 51.4 Å². The lowest BCUT2D eigenvalue weighted by Crippen LogP contribution is -2.17. The van der Waals surface area contributed by atoms with Crippen LogP contribution in [0, 0.1) is 45.3 Å². The summed E-state index contributed by atoms with van der Waals surface area (Å²) in [5.41, 5.74) is 10.6. The molecule has 0 aliphatic heterocycles. The molecule has 0 spiro atoms. The first-order valence-corrected chi connectivity index (χ1v) is 8.80. The standard InChI is InChI=1S/C22H16N4/c23-9-19-5-15-1-13-2-17-7-21(11-25)22(12-26)8-18(17)4-14(13)3-16(15)6-20(19)10-24/h1-8H2. The average molecular weight is 336 g/mol. The molecule has 4 heteroatoms. The van der Waals surface area contributed by atoms with Crippen molar-refractivity contribution in [3.8, 4) is 24.3 Å². The van der Waals surface area contributed by atoms with Crippen molar-refractivity contribution in [1.29, 1.82) is 21.0 Å². The van der Waals surface area contributed by atoms with Crippen LogP contribution in [0.5, 0.6) is 0 Å². The van der Waals surface area contributed by atoms with Crippen LogP contribution in [0.2, 0.25) is 0 Å². The summed E-state index contributed by atoms with van der Waals surface area (Å²) in [6.45, 7) is 0. The minimum atomic E-state index is 0.610. The van der Waals surface area contributed by atoms with Crippen molar-refractivity contribution < 1.29 is 0 Å². The molecule has 0 aromatic carbocycles. The molecule has 0 aromatic heterocycles. The van der Waals surface area contributed by atoms with Gasteiger partial charge in [-0.05, 0) is 25.7 Å². The highest BCUT2D eigenvalue weighted by molar-refractivity contribution is 5.55. The van der Waals surface area contributed by atoms with Gasteiger partial charge in [-0.15, -0.1) is 0 Å². The van der Waals surface area contributed by atoms with E-state index in [0.717, 1.165) is 25.7 Å². The number of hydrogen-bond donors (Lipinski definition) is 0. The summed E-state index contributed by atoms with van der Waals surface area (Å²) in [5.74, 6) is 0. The van der Waals surface area contributed by atoms with Gasteiger partial charge in [0, 0.05) is 48.0 Å². The van der Waals surface area contributed by atoms with Crippen LogP contribution in [0.3, 0.4) is 0 Å². The molecule has 4 rings (SSSR count). The van der Waals surface area contributed by atoms with Crippen LogP contribution >= 0.6 is 0 Å². The Bertz CT molecular complexity index is 893. The number of hydrogen-bond acceptors (Lipinski definition) is 4. The molecule has 0 saturated heterocycles. The van der Waals surface area contributed by atoms with Crippen molar-refractivity contribution in [2.24, 2.45) is 0 Å². The number of nitrogens with zero attached hydrogens (tertiary/aromatic N) is 4. The van der Waals surface area contributed by atoms with Crippen LogP contribution in [0.4, 0.5) is 0 Å². The van der Waals surface area contributed by atoms with Crippen LogP contribution in [0.25, 0.3) is 0 Å². The Balaban J connectivity index is 1.56. The highest BCUT2D eigenvalue weighted by atomic mass is 14.4. The molecule has 26 heavy (non-hydrogen) atoms. The van der Waals surface area contributed by atoms with Crippen LogP contribution in [-0.2, 0) is 0 Å². The minimum Gasteiger partial charge on any atom is -0.193 e. The maximum Gasteiger partial charge on any atom is 0.0961 e. The molecule has 0 N–H and O–H groups in total. The fourth-order valence-electron chi connectivity index (χ4n) is 4.61. The monoisotopic (exact) mass is 336 g/mol. The van der Waals surface area contributed by atoms with Gasteiger partial charge in [-0.1, -0.05) is 33.4 Å². The maximum atomic E-state index is 9.31. The fraction of sp³-hybridized carbons (Fsp3) is 0.364. The third kappa shape index (κ3) is 2.49. The second kappa shape index (κ2) is 6.19. The van der Waals surface area contributed by atoms with Gasteiger partial charge in [0.2, 0.25) is 0 Å². The minimum absolute atomic E-state index is 0.610. The predicted octanol–water partition coefficient (Wildman–Crippen LogP) is 4.74. The van der Waals surface area contributed by atoms with E-state index in [-0.39, 0.29) is 0 Å². The Morgan fingerprint density at radius 3 is 0.731 bits per heavy atom. The van der Waals surface area contributed by atoms with E-state index in [9.17, 15) is 21.0 Å². The molecule has 0 fully saturated rings. The third-order valence-corrected chi connectivity index (χ3v) is 6.04. The first-order chi connectivity index (χ1) is 12.7. The van der Waals surface area contributed by atoms with Crippen molar-refractivity contribution in [2.45, 2.75) is 51.4 Å². The van der Waals surface area contributed by atoms with Gasteiger partial charge >= 0.3 is 0 Å². The van der Waals surface area contributed by atoms with E-state index in [0.29, 0.717) is 48.0 Å². The van der Waals surface area contributed by atoms with E-state index < -0.39 is 0 Å². The number of nitriles is 4. The highest BCUT2D eigenvalue weighted by Crippen LogP contribution is 2.48. The van der Waals surface area contributed by atoms with Crippen molar-refractivity contribution in [3.63, 3.8) is 0 Å². The van der Waals surface area contributed by atoms with Crippen LogP contribution in [-0.4, -0.2) is 0 Å². The predicted molar refractivity (Wildman–Crippen MR) is 94.5 cm³/mol. The molecule has 0 amide bonds. The molecule has 0 heterocycles. The number of rotatable bonds is 0. The summed E-state index contributed by atoms with van der Waals surface area (Å²) in [6.07, 6.45) is 6.01. The molecule has 0 saturated carbocycles. The Labute approximate surface area is 153 Å². The van der Waals surface area contributed by atoms with E-state index in [2.05, 4.69) is 24.3 Å². The van der Waals surface area contributed by atoms with E-state index in [1.54, 1.807) is 0 Å². The molecule has 4 aliphatic carbocycles. The third-order valence-electron chi connectivity index (χ3n) is 6.04. The van der Waals surface area contributed by atoms with E-state index in [1.165, 1.54) is 33.4 Å². The summed E-state index contributed by atoms with van der Waals surface area (Å²) in [6, 6.07) is 8.82. The fourth-order valence-corrected chi connectivity index (χ4v) is 4.61. The Morgan fingerprint density at radius 1 is 0.346 bits per heavy atom. The lowest BCUT2D eigenvalue weighted by molar-refractivity contribution is 0.732.